The molecule has 0 unspecified atom stereocenters. The zero-order chi connectivity index (χ0) is 19.1. The molecule has 0 bridgehead atoms. The van der Waals surface area contributed by atoms with E-state index in [1.165, 1.54) is 4.90 Å². The summed E-state index contributed by atoms with van der Waals surface area (Å²) in [6.07, 6.45) is 1.61. The monoisotopic (exact) mass is 386 g/mol. The third-order valence-electron chi connectivity index (χ3n) is 4.92. The van der Waals surface area contributed by atoms with Gasteiger partial charge in [-0.25, -0.2) is 0 Å². The van der Waals surface area contributed by atoms with Gasteiger partial charge in [-0.2, -0.15) is 0 Å². The van der Waals surface area contributed by atoms with Crippen molar-refractivity contribution in [2.45, 2.75) is 19.4 Å². The lowest BCUT2D eigenvalue weighted by molar-refractivity contribution is -0.897. The Morgan fingerprint density at radius 1 is 1.00 bits per heavy atom. The summed E-state index contributed by atoms with van der Waals surface area (Å²) in [6.45, 7) is 2.62. The number of nitrogens with one attached hydrogen (secondary N) is 3. The van der Waals surface area contributed by atoms with Gasteiger partial charge >= 0.3 is 0 Å². The molecule has 1 heterocycles. The molecule has 2 aromatic carbocycles. The van der Waals surface area contributed by atoms with Crippen molar-refractivity contribution in [1.29, 1.82) is 0 Å². The molecule has 0 atom stereocenters. The molecule has 5 nitrogen and oxygen atoms in total. The fraction of sp³-hybridized carbons (Fsp3) is 0.333. The Bertz CT molecular complexity index is 757. The lowest BCUT2D eigenvalue weighted by atomic mass is 9.96. The maximum absolute atomic E-state index is 12.4. The van der Waals surface area contributed by atoms with Crippen LogP contribution in [0.25, 0.3) is 0 Å². The molecule has 2 amide bonds. The molecule has 0 aliphatic carbocycles. The topological polar surface area (TPSA) is 62.6 Å². The van der Waals surface area contributed by atoms with Crippen molar-refractivity contribution >= 4 is 29.1 Å². The van der Waals surface area contributed by atoms with E-state index in [-0.39, 0.29) is 17.7 Å². The number of amides is 2. The number of para-hydroxylation sites is 1. The van der Waals surface area contributed by atoms with E-state index in [0.29, 0.717) is 18.1 Å². The number of likely N-dealkylation sites (tertiary alicyclic amines) is 1. The zero-order valence-electron chi connectivity index (χ0n) is 15.2. The number of hydrogen-bond acceptors (Lipinski definition) is 2. The molecule has 0 aromatic heterocycles. The smallest absolute Gasteiger partial charge is 0.275 e. The number of anilines is 1. The lowest BCUT2D eigenvalue weighted by Gasteiger charge is -2.28. The second kappa shape index (κ2) is 9.53. The van der Waals surface area contributed by atoms with Crippen LogP contribution in [-0.4, -0.2) is 31.4 Å². The van der Waals surface area contributed by atoms with E-state index in [1.54, 1.807) is 0 Å². The van der Waals surface area contributed by atoms with E-state index in [9.17, 15) is 9.59 Å². The van der Waals surface area contributed by atoms with Gasteiger partial charge < -0.3 is 15.5 Å². The lowest BCUT2D eigenvalue weighted by Crippen LogP contribution is -3.14. The van der Waals surface area contributed by atoms with Gasteiger partial charge in [0.25, 0.3) is 5.91 Å². The summed E-state index contributed by atoms with van der Waals surface area (Å²) in [6, 6.07) is 17.0. The van der Waals surface area contributed by atoms with Crippen molar-refractivity contribution in [1.82, 2.24) is 5.32 Å². The first-order chi connectivity index (χ1) is 13.1. The van der Waals surface area contributed by atoms with E-state index < -0.39 is 0 Å². The summed E-state index contributed by atoms with van der Waals surface area (Å²) < 4.78 is 0. The Hall–Kier alpha value is -2.37. The average Bonchev–Trinajstić information content (AvgIpc) is 2.69. The maximum Gasteiger partial charge on any atom is 0.275 e. The minimum absolute atomic E-state index is 0.0195. The Kier molecular flexibility index (Phi) is 6.85. The predicted octanol–water partition coefficient (Wildman–Crippen LogP) is 1.89. The van der Waals surface area contributed by atoms with Crippen molar-refractivity contribution in [2.75, 3.05) is 25.0 Å². The molecular formula is C21H25ClN3O2+. The van der Waals surface area contributed by atoms with E-state index in [2.05, 4.69) is 10.6 Å². The summed E-state index contributed by atoms with van der Waals surface area (Å²) in [7, 11) is 0. The van der Waals surface area contributed by atoms with Crippen LogP contribution in [0.3, 0.4) is 0 Å². The highest BCUT2D eigenvalue weighted by molar-refractivity contribution is 6.30. The number of carbonyl (C=O) groups excluding carboxylic acids is 2. The highest BCUT2D eigenvalue weighted by Gasteiger charge is 2.28. The number of quaternary nitrogens is 1. The van der Waals surface area contributed by atoms with Gasteiger partial charge in [-0.05, 0) is 29.8 Å². The third kappa shape index (κ3) is 6.08. The molecule has 3 rings (SSSR count). The fourth-order valence-electron chi connectivity index (χ4n) is 3.32. The summed E-state index contributed by atoms with van der Waals surface area (Å²) in [5.41, 5.74) is 1.86. The molecule has 1 fully saturated rings. The van der Waals surface area contributed by atoms with E-state index in [4.69, 9.17) is 11.6 Å². The Labute approximate surface area is 164 Å². The second-order valence-corrected chi connectivity index (χ2v) is 7.40. The molecule has 1 aliphatic rings. The number of halogens is 1. The van der Waals surface area contributed by atoms with Crippen molar-refractivity contribution in [3.8, 4) is 0 Å². The second-order valence-electron chi connectivity index (χ2n) is 6.96. The molecule has 6 heteroatoms. The number of hydrogen-bond donors (Lipinski definition) is 3. The van der Waals surface area contributed by atoms with Crippen LogP contribution in [0.15, 0.2) is 54.6 Å². The van der Waals surface area contributed by atoms with Crippen molar-refractivity contribution in [2.24, 2.45) is 5.92 Å². The summed E-state index contributed by atoms with van der Waals surface area (Å²) in [5.74, 6) is 0.130. The summed E-state index contributed by atoms with van der Waals surface area (Å²) in [4.78, 5) is 25.8. The van der Waals surface area contributed by atoms with Gasteiger partial charge in [0, 0.05) is 36.0 Å². The molecule has 142 valence electrons. The molecule has 1 saturated heterocycles. The first kappa shape index (κ1) is 19.4. The number of carbonyl (C=O) groups is 2. The van der Waals surface area contributed by atoms with E-state index in [0.717, 1.165) is 37.2 Å². The number of piperidine rings is 1. The van der Waals surface area contributed by atoms with Crippen LogP contribution in [-0.2, 0) is 16.1 Å². The molecule has 27 heavy (non-hydrogen) atoms. The minimum Gasteiger partial charge on any atom is -0.347 e. The zero-order valence-corrected chi connectivity index (χ0v) is 16.0. The summed E-state index contributed by atoms with van der Waals surface area (Å²) >= 11 is 5.86. The fourth-order valence-corrected chi connectivity index (χ4v) is 3.45. The molecule has 0 saturated carbocycles. The highest BCUT2D eigenvalue weighted by atomic mass is 35.5. The van der Waals surface area contributed by atoms with Crippen LogP contribution >= 0.6 is 11.6 Å². The van der Waals surface area contributed by atoms with Gasteiger partial charge in [0.15, 0.2) is 6.54 Å². The largest absolute Gasteiger partial charge is 0.347 e. The summed E-state index contributed by atoms with van der Waals surface area (Å²) in [5, 5.41) is 6.61. The molecule has 0 spiro atoms. The molecular weight excluding hydrogens is 362 g/mol. The van der Waals surface area contributed by atoms with Crippen molar-refractivity contribution in [3.63, 3.8) is 0 Å². The Morgan fingerprint density at radius 3 is 2.33 bits per heavy atom. The maximum atomic E-state index is 12.4. The van der Waals surface area contributed by atoms with Crippen molar-refractivity contribution in [3.05, 3.63) is 65.2 Å². The molecule has 3 N–H and O–H groups in total. The van der Waals surface area contributed by atoms with Gasteiger partial charge in [-0.15, -0.1) is 0 Å². The van der Waals surface area contributed by atoms with Gasteiger partial charge in [0.2, 0.25) is 5.91 Å². The van der Waals surface area contributed by atoms with Gasteiger partial charge in [-0.1, -0.05) is 41.9 Å². The van der Waals surface area contributed by atoms with Gasteiger partial charge in [0.1, 0.15) is 0 Å². The van der Waals surface area contributed by atoms with Gasteiger partial charge in [0.05, 0.1) is 13.1 Å². The van der Waals surface area contributed by atoms with Crippen LogP contribution in [0.5, 0.6) is 0 Å². The van der Waals surface area contributed by atoms with E-state index >= 15 is 0 Å². The Balaban J connectivity index is 1.38. The SMILES string of the molecule is O=C(C[NH+]1CCC(C(=O)Nc2ccccc2)CC1)NCc1ccc(Cl)cc1. The molecule has 0 radical (unpaired) electrons. The van der Waals surface area contributed by atoms with Crippen LogP contribution in [0.4, 0.5) is 5.69 Å². The average molecular weight is 387 g/mol. The van der Waals surface area contributed by atoms with Crippen LogP contribution in [0.1, 0.15) is 18.4 Å². The normalized spacial score (nSPS) is 19.3. The first-order valence-electron chi connectivity index (χ1n) is 9.31. The van der Waals surface area contributed by atoms with Crippen LogP contribution in [0, 0.1) is 5.92 Å². The quantitative estimate of drug-likeness (QED) is 0.710. The molecule has 1 aliphatic heterocycles. The number of benzene rings is 2. The standard InChI is InChI=1S/C21H24ClN3O2/c22-18-8-6-16(7-9-18)14-23-20(26)15-25-12-10-17(11-13-25)21(27)24-19-4-2-1-3-5-19/h1-9,17H,10-15H2,(H,23,26)(H,24,27)/p+1. The van der Waals surface area contributed by atoms with Crippen molar-refractivity contribution < 1.29 is 14.5 Å². The van der Waals surface area contributed by atoms with Crippen LogP contribution in [0.2, 0.25) is 5.02 Å². The first-order valence-corrected chi connectivity index (χ1v) is 9.68. The Morgan fingerprint density at radius 2 is 1.67 bits per heavy atom. The van der Waals surface area contributed by atoms with E-state index in [1.807, 2.05) is 54.6 Å². The van der Waals surface area contributed by atoms with Crippen LogP contribution < -0.4 is 15.5 Å². The minimum atomic E-state index is 0.0195. The predicted molar refractivity (Wildman–Crippen MR) is 107 cm³/mol. The van der Waals surface area contributed by atoms with Gasteiger partial charge in [-0.3, -0.25) is 9.59 Å². The molecule has 2 aromatic rings. The number of rotatable bonds is 6. The third-order valence-corrected chi connectivity index (χ3v) is 5.17. The highest BCUT2D eigenvalue weighted by Crippen LogP contribution is 2.14.